The van der Waals surface area contributed by atoms with Crippen LogP contribution in [0.2, 0.25) is 0 Å². The lowest BCUT2D eigenvalue weighted by molar-refractivity contribution is -0.141. The van der Waals surface area contributed by atoms with Gasteiger partial charge in [-0.15, -0.1) is 0 Å². The first-order valence-corrected chi connectivity index (χ1v) is 15.0. The van der Waals surface area contributed by atoms with E-state index in [1.807, 2.05) is 29.3 Å². The van der Waals surface area contributed by atoms with Crippen molar-refractivity contribution in [2.45, 2.75) is 70.1 Å². The number of pyridine rings is 1. The molecule has 1 aliphatic heterocycles. The van der Waals surface area contributed by atoms with Crippen LogP contribution in [0.1, 0.15) is 43.9 Å². The summed E-state index contributed by atoms with van der Waals surface area (Å²) < 4.78 is 48.5. The van der Waals surface area contributed by atoms with Crippen LogP contribution in [0, 0.1) is 5.41 Å². The number of rotatable bonds is 11. The van der Waals surface area contributed by atoms with Gasteiger partial charge in [0.2, 0.25) is 5.88 Å². The van der Waals surface area contributed by atoms with Gasteiger partial charge in [0.25, 0.3) is 0 Å². The maximum absolute atomic E-state index is 13.5. The summed E-state index contributed by atoms with van der Waals surface area (Å²) >= 11 is 0. The van der Waals surface area contributed by atoms with Crippen molar-refractivity contribution < 1.29 is 23.0 Å². The second-order valence-electron chi connectivity index (χ2n) is 12.2. The van der Waals surface area contributed by atoms with Crippen molar-refractivity contribution in [3.05, 3.63) is 54.4 Å². The van der Waals surface area contributed by atoms with Crippen LogP contribution in [-0.4, -0.2) is 84.2 Å². The summed E-state index contributed by atoms with van der Waals surface area (Å²) in [6, 6.07) is 4.92. The minimum Gasteiger partial charge on any atom is -0.474 e. The zero-order chi connectivity index (χ0) is 30.9. The summed E-state index contributed by atoms with van der Waals surface area (Å²) in [5.74, 6) is -0.0179. The number of aliphatic hydroxyl groups is 1. The highest BCUT2D eigenvalue weighted by Crippen LogP contribution is 2.45. The van der Waals surface area contributed by atoms with Gasteiger partial charge >= 0.3 is 6.18 Å². The largest absolute Gasteiger partial charge is 0.474 e. The molecule has 5 N–H and O–H groups in total. The molecule has 0 spiro atoms. The van der Waals surface area contributed by atoms with Crippen LogP contribution in [0.15, 0.2) is 43.1 Å². The molecule has 0 unspecified atom stereocenters. The molecule has 6 rings (SSSR count). The van der Waals surface area contributed by atoms with E-state index >= 15 is 0 Å². The maximum atomic E-state index is 13.5. The fourth-order valence-electron chi connectivity index (χ4n) is 6.40. The number of piperidine rings is 1. The van der Waals surface area contributed by atoms with E-state index in [0.717, 1.165) is 60.8 Å². The Hall–Kier alpha value is -3.59. The zero-order valence-corrected chi connectivity index (χ0v) is 24.6. The molecule has 4 aromatic rings. The molecule has 1 saturated heterocycles. The molecular weight excluding hydrogens is 575 g/mol. The number of fused-ring (bicyclic) bond motifs is 1. The third kappa shape index (κ3) is 6.72. The number of aromatic nitrogens is 6. The van der Waals surface area contributed by atoms with Gasteiger partial charge in [0.15, 0.2) is 0 Å². The second-order valence-corrected chi connectivity index (χ2v) is 12.2. The number of hydrogen-bond donors (Lipinski definition) is 4. The van der Waals surface area contributed by atoms with Gasteiger partial charge in [0.1, 0.15) is 23.8 Å². The van der Waals surface area contributed by atoms with Crippen LogP contribution in [0.5, 0.6) is 5.88 Å². The summed E-state index contributed by atoms with van der Waals surface area (Å²) in [5.41, 5.74) is 8.23. The molecule has 0 bridgehead atoms. The highest BCUT2D eigenvalue weighted by atomic mass is 19.4. The lowest BCUT2D eigenvalue weighted by atomic mass is 9.64. The van der Waals surface area contributed by atoms with Gasteiger partial charge in [-0.2, -0.15) is 18.3 Å². The summed E-state index contributed by atoms with van der Waals surface area (Å²) in [4.78, 5) is 18.0. The minimum absolute atomic E-state index is 0.0179. The van der Waals surface area contributed by atoms with E-state index < -0.39 is 18.0 Å². The van der Waals surface area contributed by atoms with E-state index in [1.165, 1.54) is 0 Å². The molecule has 14 heteroatoms. The van der Waals surface area contributed by atoms with Crippen molar-refractivity contribution in [1.82, 2.24) is 39.9 Å². The molecule has 5 heterocycles. The van der Waals surface area contributed by atoms with Gasteiger partial charge in [-0.3, -0.25) is 4.68 Å². The first kappa shape index (κ1) is 30.4. The van der Waals surface area contributed by atoms with E-state index in [-0.39, 0.29) is 30.5 Å². The number of nitrogens with two attached hydrogens (primary N) is 1. The highest BCUT2D eigenvalue weighted by Gasteiger charge is 2.46. The molecule has 1 aliphatic carbocycles. The van der Waals surface area contributed by atoms with Gasteiger partial charge in [-0.25, -0.2) is 15.0 Å². The van der Waals surface area contributed by atoms with E-state index in [9.17, 15) is 18.3 Å². The number of alkyl halides is 3. The van der Waals surface area contributed by atoms with Crippen molar-refractivity contribution in [3.63, 3.8) is 0 Å². The molecule has 2 aliphatic rings. The van der Waals surface area contributed by atoms with E-state index in [2.05, 4.69) is 35.3 Å². The van der Waals surface area contributed by atoms with Crippen molar-refractivity contribution >= 4 is 11.0 Å². The Balaban J connectivity index is 1.02. The number of nitrogens with zero attached hydrogens (tertiary/aromatic N) is 6. The van der Waals surface area contributed by atoms with Gasteiger partial charge < -0.3 is 30.8 Å². The monoisotopic (exact) mass is 613 g/mol. The molecule has 11 nitrogen and oxygen atoms in total. The first-order valence-electron chi connectivity index (χ1n) is 15.0. The Morgan fingerprint density at radius 1 is 1.23 bits per heavy atom. The molecular formula is C30H38F3N9O2. The molecule has 4 aromatic heterocycles. The molecule has 1 atom stereocenters. The molecule has 0 radical (unpaired) electrons. The van der Waals surface area contributed by atoms with E-state index in [0.29, 0.717) is 31.0 Å². The minimum atomic E-state index is -4.58. The third-order valence-electron chi connectivity index (χ3n) is 8.73. The van der Waals surface area contributed by atoms with Gasteiger partial charge in [0, 0.05) is 73.6 Å². The predicted octanol–water partition coefficient (Wildman–Crippen LogP) is 3.36. The summed E-state index contributed by atoms with van der Waals surface area (Å²) in [6.07, 6.45) is 5.16. The normalized spacial score (nSPS) is 22.3. The summed E-state index contributed by atoms with van der Waals surface area (Å²) in [6.45, 7) is 4.93. The van der Waals surface area contributed by atoms with Crippen LogP contribution >= 0.6 is 0 Å². The Morgan fingerprint density at radius 2 is 2.02 bits per heavy atom. The average Bonchev–Trinajstić information content (AvgIpc) is 3.64. The number of H-pyrrole nitrogens is 1. The Bertz CT molecular complexity index is 1560. The topological polar surface area (TPSA) is 143 Å². The Morgan fingerprint density at radius 3 is 2.75 bits per heavy atom. The van der Waals surface area contributed by atoms with Crippen molar-refractivity contribution in [2.24, 2.45) is 11.1 Å². The van der Waals surface area contributed by atoms with Gasteiger partial charge in [-0.1, -0.05) is 0 Å². The SMILES string of the molecule is C[C@H](O)CNCc1cc(OC2CCN(C3CC(CN)(Cn4cc(-c5ncnc6[nH]ccc56)cn4)C3)CC2)nc(C(F)(F)F)c1. The second kappa shape index (κ2) is 12.4. The number of hydrogen-bond acceptors (Lipinski definition) is 9. The number of aliphatic hydroxyl groups excluding tert-OH is 1. The fourth-order valence-corrected chi connectivity index (χ4v) is 6.40. The van der Waals surface area contributed by atoms with E-state index in [1.54, 1.807) is 19.3 Å². The molecule has 2 fully saturated rings. The number of ether oxygens (including phenoxy) is 1. The molecule has 0 aromatic carbocycles. The Kier molecular flexibility index (Phi) is 8.59. The lowest BCUT2D eigenvalue weighted by Crippen LogP contribution is -2.57. The molecule has 1 saturated carbocycles. The number of nitrogens with one attached hydrogen (secondary N) is 2. The molecule has 44 heavy (non-hydrogen) atoms. The van der Waals surface area contributed by atoms with E-state index in [4.69, 9.17) is 10.5 Å². The predicted molar refractivity (Wildman–Crippen MR) is 157 cm³/mol. The van der Waals surface area contributed by atoms with Crippen LogP contribution in [0.4, 0.5) is 13.2 Å². The quantitative estimate of drug-likeness (QED) is 0.200. The first-order chi connectivity index (χ1) is 21.1. The maximum Gasteiger partial charge on any atom is 0.433 e. The third-order valence-corrected chi connectivity index (χ3v) is 8.73. The molecule has 236 valence electrons. The Labute approximate surface area is 253 Å². The number of likely N-dealkylation sites (tertiary alicyclic amines) is 1. The molecule has 0 amide bonds. The zero-order valence-electron chi connectivity index (χ0n) is 24.6. The van der Waals surface area contributed by atoms with Gasteiger partial charge in [0.05, 0.1) is 18.0 Å². The van der Waals surface area contributed by atoms with Crippen molar-refractivity contribution in [1.29, 1.82) is 0 Å². The van der Waals surface area contributed by atoms with Crippen LogP contribution in [0.25, 0.3) is 22.3 Å². The van der Waals surface area contributed by atoms with Gasteiger partial charge in [-0.05, 0) is 56.8 Å². The highest BCUT2D eigenvalue weighted by molar-refractivity contribution is 5.89. The average molecular weight is 614 g/mol. The standard InChI is InChI=1S/C30H38F3N9O2/c1-19(43)12-35-13-20-8-25(30(31,32)33)40-26(9-20)44-23-3-6-41(7-4-23)22-10-29(11-22,16-34)17-42-15-21(14-39-42)27-24-2-5-36-28(24)38-18-37-27/h2,5,8-9,14-15,18-19,22-23,35,43H,3-4,6-7,10-13,16-17,34H2,1H3,(H,36,37,38)/t19-,22?,29?/m0/s1. The van der Waals surface area contributed by atoms with Crippen LogP contribution in [-0.2, 0) is 19.3 Å². The lowest BCUT2D eigenvalue weighted by Gasteiger charge is -2.52. The van der Waals surface area contributed by atoms with Crippen molar-refractivity contribution in [2.75, 3.05) is 26.2 Å². The number of halogens is 3. The van der Waals surface area contributed by atoms with Crippen molar-refractivity contribution in [3.8, 4) is 17.1 Å². The smallest absolute Gasteiger partial charge is 0.433 e. The van der Waals surface area contributed by atoms with Crippen LogP contribution in [0.3, 0.4) is 0 Å². The summed E-state index contributed by atoms with van der Waals surface area (Å²) in [5, 5.41) is 18.0. The fraction of sp³-hybridized carbons (Fsp3) is 0.533. The summed E-state index contributed by atoms with van der Waals surface area (Å²) in [7, 11) is 0. The van der Waals surface area contributed by atoms with Crippen LogP contribution < -0.4 is 15.8 Å². The number of aromatic amines is 1.